The third-order valence-electron chi connectivity index (χ3n) is 4.19. The van der Waals surface area contributed by atoms with Gasteiger partial charge in [0.1, 0.15) is 0 Å². The molecule has 1 unspecified atom stereocenters. The summed E-state index contributed by atoms with van der Waals surface area (Å²) in [5.41, 5.74) is 1.97. The first-order chi connectivity index (χ1) is 8.27. The number of hydrogen-bond donors (Lipinski definition) is 1. The summed E-state index contributed by atoms with van der Waals surface area (Å²) in [6, 6.07) is 4.89. The molecule has 1 atom stereocenters. The fourth-order valence-electron chi connectivity index (χ4n) is 2.76. The number of aromatic nitrogens is 1. The molecule has 0 radical (unpaired) electrons. The number of nitrogens with one attached hydrogen (secondary N) is 1. The van der Waals surface area contributed by atoms with Crippen LogP contribution in [0.15, 0.2) is 24.5 Å². The van der Waals surface area contributed by atoms with Crippen LogP contribution in [-0.2, 0) is 6.54 Å². The summed E-state index contributed by atoms with van der Waals surface area (Å²) in [6.45, 7) is 6.98. The predicted molar refractivity (Wildman–Crippen MR) is 68.6 cm³/mol. The molecule has 0 bridgehead atoms. The van der Waals surface area contributed by atoms with Crippen molar-refractivity contribution in [1.82, 2.24) is 15.2 Å². The van der Waals surface area contributed by atoms with Crippen LogP contribution in [0.5, 0.6) is 0 Å². The van der Waals surface area contributed by atoms with Gasteiger partial charge < -0.3 is 5.32 Å². The zero-order chi connectivity index (χ0) is 11.7. The highest BCUT2D eigenvalue weighted by Crippen LogP contribution is 2.46. The van der Waals surface area contributed by atoms with Gasteiger partial charge in [0, 0.05) is 44.6 Å². The Balaban J connectivity index is 1.71. The van der Waals surface area contributed by atoms with E-state index in [0.29, 0.717) is 11.5 Å². The largest absolute Gasteiger partial charge is 0.315 e. The van der Waals surface area contributed by atoms with Crippen molar-refractivity contribution in [3.05, 3.63) is 30.1 Å². The molecule has 1 spiro atoms. The minimum Gasteiger partial charge on any atom is -0.315 e. The van der Waals surface area contributed by atoms with E-state index in [1.807, 2.05) is 12.4 Å². The van der Waals surface area contributed by atoms with E-state index in [4.69, 9.17) is 0 Å². The Morgan fingerprint density at radius 3 is 2.88 bits per heavy atom. The molecule has 0 amide bonds. The van der Waals surface area contributed by atoms with Crippen LogP contribution < -0.4 is 5.32 Å². The first-order valence-electron chi connectivity index (χ1n) is 6.61. The van der Waals surface area contributed by atoms with Crippen molar-refractivity contribution in [3.63, 3.8) is 0 Å². The van der Waals surface area contributed by atoms with Crippen LogP contribution in [0.1, 0.15) is 25.3 Å². The Hall–Kier alpha value is -0.930. The van der Waals surface area contributed by atoms with Gasteiger partial charge in [0.25, 0.3) is 0 Å². The van der Waals surface area contributed by atoms with Crippen LogP contribution in [0.2, 0.25) is 0 Å². The molecule has 0 aromatic carbocycles. The Morgan fingerprint density at radius 2 is 2.18 bits per heavy atom. The molecule has 1 saturated heterocycles. The van der Waals surface area contributed by atoms with Crippen LogP contribution >= 0.6 is 0 Å². The molecule has 2 aliphatic rings. The van der Waals surface area contributed by atoms with Gasteiger partial charge in [0.05, 0.1) is 0 Å². The average Bonchev–Trinajstić information content (AvgIpc) is 3.11. The van der Waals surface area contributed by atoms with Gasteiger partial charge in [0.15, 0.2) is 0 Å². The molecule has 2 heterocycles. The third kappa shape index (κ3) is 2.50. The first-order valence-corrected chi connectivity index (χ1v) is 6.61. The van der Waals surface area contributed by atoms with Gasteiger partial charge in [-0.25, -0.2) is 0 Å². The van der Waals surface area contributed by atoms with Crippen molar-refractivity contribution in [1.29, 1.82) is 0 Å². The van der Waals surface area contributed by atoms with Gasteiger partial charge in [-0.15, -0.1) is 0 Å². The number of nitrogens with zero attached hydrogens (tertiary/aromatic N) is 2. The molecule has 3 heteroatoms. The third-order valence-corrected chi connectivity index (χ3v) is 4.19. The molecular weight excluding hydrogens is 210 g/mol. The lowest BCUT2D eigenvalue weighted by Crippen LogP contribution is -2.37. The Labute approximate surface area is 103 Å². The fourth-order valence-corrected chi connectivity index (χ4v) is 2.76. The summed E-state index contributed by atoms with van der Waals surface area (Å²) < 4.78 is 0. The quantitative estimate of drug-likeness (QED) is 0.839. The highest BCUT2D eigenvalue weighted by atomic mass is 15.2. The molecular formula is C14H21N3. The fraction of sp³-hybridized carbons (Fsp3) is 0.643. The van der Waals surface area contributed by atoms with Gasteiger partial charge in [-0.05, 0) is 42.9 Å². The first kappa shape index (κ1) is 11.2. The second-order valence-corrected chi connectivity index (χ2v) is 5.74. The summed E-state index contributed by atoms with van der Waals surface area (Å²) in [4.78, 5) is 6.71. The lowest BCUT2D eigenvalue weighted by Gasteiger charge is -2.28. The van der Waals surface area contributed by atoms with Crippen LogP contribution in [0.3, 0.4) is 0 Å². The Bertz CT molecular complexity index is 372. The standard InChI is InChI=1S/C14H21N3/c1-12-8-16-10-14(4-5-14)11-17(12)9-13-2-6-15-7-3-13/h2-3,6-7,12,16H,4-5,8-11H2,1H3. The SMILES string of the molecule is CC1CNCC2(CC2)CN1Cc1ccncc1. The molecule has 1 aliphatic heterocycles. The van der Waals surface area contributed by atoms with E-state index in [9.17, 15) is 0 Å². The lowest BCUT2D eigenvalue weighted by molar-refractivity contribution is 0.184. The summed E-state index contributed by atoms with van der Waals surface area (Å²) in [5.74, 6) is 0. The predicted octanol–water partition coefficient (Wildman–Crippen LogP) is 1.66. The Kier molecular flexibility index (Phi) is 2.89. The number of hydrogen-bond acceptors (Lipinski definition) is 3. The van der Waals surface area contributed by atoms with E-state index in [1.54, 1.807) is 0 Å². The van der Waals surface area contributed by atoms with E-state index in [-0.39, 0.29) is 0 Å². The van der Waals surface area contributed by atoms with Crippen LogP contribution in [0.25, 0.3) is 0 Å². The second-order valence-electron chi connectivity index (χ2n) is 5.74. The second kappa shape index (κ2) is 4.39. The monoisotopic (exact) mass is 231 g/mol. The molecule has 1 aromatic heterocycles. The highest BCUT2D eigenvalue weighted by molar-refractivity contribution is 5.11. The van der Waals surface area contributed by atoms with E-state index in [2.05, 4.69) is 34.3 Å². The van der Waals surface area contributed by atoms with E-state index < -0.39 is 0 Å². The van der Waals surface area contributed by atoms with Crippen molar-refractivity contribution in [2.45, 2.75) is 32.4 Å². The molecule has 1 aromatic rings. The number of rotatable bonds is 2. The van der Waals surface area contributed by atoms with E-state index in [0.717, 1.165) is 13.1 Å². The smallest absolute Gasteiger partial charge is 0.0271 e. The zero-order valence-electron chi connectivity index (χ0n) is 10.5. The molecule has 2 fully saturated rings. The number of pyridine rings is 1. The van der Waals surface area contributed by atoms with Gasteiger partial charge in [0.2, 0.25) is 0 Å². The Morgan fingerprint density at radius 1 is 1.41 bits per heavy atom. The van der Waals surface area contributed by atoms with Crippen molar-refractivity contribution < 1.29 is 0 Å². The van der Waals surface area contributed by atoms with E-state index >= 15 is 0 Å². The molecule has 17 heavy (non-hydrogen) atoms. The molecule has 1 aliphatic carbocycles. The summed E-state index contributed by atoms with van der Waals surface area (Å²) in [5, 5.41) is 3.61. The summed E-state index contributed by atoms with van der Waals surface area (Å²) in [7, 11) is 0. The van der Waals surface area contributed by atoms with Crippen molar-refractivity contribution in [2.75, 3.05) is 19.6 Å². The van der Waals surface area contributed by atoms with Crippen LogP contribution in [0, 0.1) is 5.41 Å². The van der Waals surface area contributed by atoms with Crippen molar-refractivity contribution in [3.8, 4) is 0 Å². The minimum absolute atomic E-state index is 0.595. The molecule has 3 rings (SSSR count). The average molecular weight is 231 g/mol. The van der Waals surface area contributed by atoms with Crippen LogP contribution in [-0.4, -0.2) is 35.6 Å². The van der Waals surface area contributed by atoms with Crippen LogP contribution in [0.4, 0.5) is 0 Å². The molecule has 1 N–H and O–H groups in total. The summed E-state index contributed by atoms with van der Waals surface area (Å²) >= 11 is 0. The van der Waals surface area contributed by atoms with Gasteiger partial charge in [-0.3, -0.25) is 9.88 Å². The maximum absolute atomic E-state index is 4.09. The maximum atomic E-state index is 4.09. The zero-order valence-corrected chi connectivity index (χ0v) is 10.5. The van der Waals surface area contributed by atoms with Gasteiger partial charge >= 0.3 is 0 Å². The molecule has 3 nitrogen and oxygen atoms in total. The minimum atomic E-state index is 0.595. The van der Waals surface area contributed by atoms with E-state index in [1.165, 1.54) is 31.5 Å². The van der Waals surface area contributed by atoms with Gasteiger partial charge in [-0.2, -0.15) is 0 Å². The van der Waals surface area contributed by atoms with Crippen molar-refractivity contribution >= 4 is 0 Å². The summed E-state index contributed by atoms with van der Waals surface area (Å²) in [6.07, 6.45) is 6.59. The topological polar surface area (TPSA) is 28.2 Å². The van der Waals surface area contributed by atoms with Gasteiger partial charge in [-0.1, -0.05) is 0 Å². The van der Waals surface area contributed by atoms with Crippen molar-refractivity contribution in [2.24, 2.45) is 5.41 Å². The maximum Gasteiger partial charge on any atom is 0.0271 e. The highest BCUT2D eigenvalue weighted by Gasteiger charge is 2.45. The lowest BCUT2D eigenvalue weighted by atomic mass is 10.1. The normalized spacial score (nSPS) is 27.9. The molecule has 92 valence electrons. The molecule has 1 saturated carbocycles.